The number of carbonyl (C=O) groups excluding carboxylic acids is 1. The van der Waals surface area contributed by atoms with E-state index in [9.17, 15) is 13.2 Å². The monoisotopic (exact) mass is 402 g/mol. The average molecular weight is 402 g/mol. The first-order valence-electron chi connectivity index (χ1n) is 9.23. The maximum atomic E-state index is 12.8. The second-order valence-electron chi connectivity index (χ2n) is 6.85. The number of hydrogen-bond acceptors (Lipinski definition) is 5. The highest BCUT2D eigenvalue weighted by molar-refractivity contribution is 7.89. The molecule has 1 amide bonds. The van der Waals surface area contributed by atoms with Gasteiger partial charge in [-0.3, -0.25) is 4.79 Å². The van der Waals surface area contributed by atoms with Crippen molar-refractivity contribution in [3.8, 4) is 5.75 Å². The molecule has 2 aliphatic heterocycles. The molecule has 2 aromatic carbocycles. The van der Waals surface area contributed by atoms with E-state index in [0.717, 1.165) is 11.3 Å². The number of para-hydroxylation sites is 1. The molecule has 148 valence electrons. The fourth-order valence-electron chi connectivity index (χ4n) is 3.41. The molecule has 0 spiro atoms. The van der Waals surface area contributed by atoms with Crippen LogP contribution in [0.4, 0.5) is 5.69 Å². The van der Waals surface area contributed by atoms with Crippen LogP contribution in [0.5, 0.6) is 5.75 Å². The third-order valence-corrected chi connectivity index (χ3v) is 6.85. The number of hydrogen-bond donors (Lipinski definition) is 1. The van der Waals surface area contributed by atoms with Crippen molar-refractivity contribution in [2.24, 2.45) is 5.92 Å². The molecule has 8 heteroatoms. The Bertz CT molecular complexity index is 970. The first-order chi connectivity index (χ1) is 13.5. The molecule has 2 aliphatic rings. The molecule has 1 saturated heterocycles. The number of carbonyl (C=O) groups is 1. The summed E-state index contributed by atoms with van der Waals surface area (Å²) in [5.74, 6) is 0.301. The van der Waals surface area contributed by atoms with Gasteiger partial charge in [-0.2, -0.15) is 4.31 Å². The minimum atomic E-state index is -3.61. The first-order valence-corrected chi connectivity index (χ1v) is 10.7. The average Bonchev–Trinajstić information content (AvgIpc) is 2.74. The largest absolute Gasteiger partial charge is 0.492 e. The number of fused-ring (bicyclic) bond motifs is 1. The number of nitrogens with one attached hydrogen (secondary N) is 1. The Morgan fingerprint density at radius 3 is 2.68 bits per heavy atom. The highest BCUT2D eigenvalue weighted by Gasteiger charge is 2.28. The van der Waals surface area contributed by atoms with Crippen LogP contribution in [0.2, 0.25) is 0 Å². The first kappa shape index (κ1) is 18.9. The van der Waals surface area contributed by atoms with Crippen molar-refractivity contribution in [1.29, 1.82) is 0 Å². The molecule has 0 aromatic heterocycles. The summed E-state index contributed by atoms with van der Waals surface area (Å²) < 4.78 is 37.9. The van der Waals surface area contributed by atoms with Crippen LogP contribution in [-0.4, -0.2) is 51.5 Å². The fourth-order valence-corrected chi connectivity index (χ4v) is 4.87. The van der Waals surface area contributed by atoms with E-state index in [1.807, 2.05) is 24.3 Å². The number of morpholine rings is 1. The van der Waals surface area contributed by atoms with Gasteiger partial charge >= 0.3 is 0 Å². The summed E-state index contributed by atoms with van der Waals surface area (Å²) >= 11 is 0. The molecule has 7 nitrogen and oxygen atoms in total. The van der Waals surface area contributed by atoms with E-state index >= 15 is 0 Å². The zero-order valence-corrected chi connectivity index (χ0v) is 16.2. The third kappa shape index (κ3) is 3.89. The second kappa shape index (κ2) is 7.90. The van der Waals surface area contributed by atoms with Crippen LogP contribution < -0.4 is 10.1 Å². The molecule has 0 saturated carbocycles. The van der Waals surface area contributed by atoms with E-state index < -0.39 is 10.0 Å². The Hall–Kier alpha value is -2.42. The normalized spacial score (nSPS) is 20.1. The quantitative estimate of drug-likeness (QED) is 0.844. The van der Waals surface area contributed by atoms with Gasteiger partial charge in [-0.15, -0.1) is 0 Å². The van der Waals surface area contributed by atoms with E-state index in [4.69, 9.17) is 9.47 Å². The van der Waals surface area contributed by atoms with Gasteiger partial charge in [0.2, 0.25) is 15.9 Å². The maximum absolute atomic E-state index is 12.8. The Morgan fingerprint density at radius 2 is 1.86 bits per heavy atom. The predicted molar refractivity (Wildman–Crippen MR) is 104 cm³/mol. The molecule has 1 fully saturated rings. The van der Waals surface area contributed by atoms with Crippen molar-refractivity contribution in [2.75, 3.05) is 38.2 Å². The van der Waals surface area contributed by atoms with Gasteiger partial charge in [0.05, 0.1) is 24.0 Å². The highest BCUT2D eigenvalue weighted by Crippen LogP contribution is 2.28. The summed E-state index contributed by atoms with van der Waals surface area (Å²) in [6.45, 7) is 1.74. The molecule has 1 atom stereocenters. The molecule has 28 heavy (non-hydrogen) atoms. The summed E-state index contributed by atoms with van der Waals surface area (Å²) in [5, 5.41) is 2.83. The Labute approximate surface area is 164 Å². The van der Waals surface area contributed by atoms with Gasteiger partial charge in [0.1, 0.15) is 12.4 Å². The lowest BCUT2D eigenvalue weighted by Gasteiger charge is -2.26. The van der Waals surface area contributed by atoms with Crippen LogP contribution >= 0.6 is 0 Å². The van der Waals surface area contributed by atoms with Crippen molar-refractivity contribution in [2.45, 2.75) is 11.3 Å². The zero-order valence-electron chi connectivity index (χ0n) is 15.3. The van der Waals surface area contributed by atoms with Gasteiger partial charge in [0.15, 0.2) is 0 Å². The van der Waals surface area contributed by atoms with Crippen LogP contribution in [0.3, 0.4) is 0 Å². The molecule has 2 heterocycles. The van der Waals surface area contributed by atoms with Gasteiger partial charge in [-0.05, 0) is 36.2 Å². The van der Waals surface area contributed by atoms with E-state index in [2.05, 4.69) is 5.32 Å². The minimum Gasteiger partial charge on any atom is -0.492 e. The number of anilines is 1. The lowest BCUT2D eigenvalue weighted by atomic mass is 9.96. The Kier molecular flexibility index (Phi) is 5.34. The third-order valence-electron chi connectivity index (χ3n) is 4.96. The summed E-state index contributed by atoms with van der Waals surface area (Å²) in [5.41, 5.74) is 1.45. The summed E-state index contributed by atoms with van der Waals surface area (Å²) in [7, 11) is -3.61. The predicted octanol–water partition coefficient (Wildman–Crippen LogP) is 1.90. The number of nitrogens with zero attached hydrogens (tertiary/aromatic N) is 1. The molecule has 0 radical (unpaired) electrons. The van der Waals surface area contributed by atoms with Gasteiger partial charge in [0.25, 0.3) is 0 Å². The van der Waals surface area contributed by atoms with Crippen molar-refractivity contribution >= 4 is 21.6 Å². The SMILES string of the molecule is O=C(Nc1cccc(S(=O)(=O)N2CCOCC2)c1)[C@@H]1COc2ccccc2C1. The van der Waals surface area contributed by atoms with E-state index in [0.29, 0.717) is 45.0 Å². The number of rotatable bonds is 4. The van der Waals surface area contributed by atoms with Gasteiger partial charge in [-0.1, -0.05) is 24.3 Å². The van der Waals surface area contributed by atoms with Crippen LogP contribution in [0.25, 0.3) is 0 Å². The number of amides is 1. The smallest absolute Gasteiger partial charge is 0.243 e. The zero-order chi connectivity index (χ0) is 19.6. The highest BCUT2D eigenvalue weighted by atomic mass is 32.2. The van der Waals surface area contributed by atoms with Gasteiger partial charge in [0, 0.05) is 18.8 Å². The molecular formula is C20H22N2O5S. The lowest BCUT2D eigenvalue weighted by Crippen LogP contribution is -2.40. The number of benzene rings is 2. The molecular weight excluding hydrogens is 380 g/mol. The minimum absolute atomic E-state index is 0.164. The molecule has 0 bridgehead atoms. The van der Waals surface area contributed by atoms with Crippen LogP contribution in [0.15, 0.2) is 53.4 Å². The summed E-state index contributed by atoms with van der Waals surface area (Å²) in [6, 6.07) is 14.0. The lowest BCUT2D eigenvalue weighted by molar-refractivity contribution is -0.121. The van der Waals surface area contributed by atoms with E-state index in [1.54, 1.807) is 18.2 Å². The number of ether oxygens (including phenoxy) is 2. The molecule has 4 rings (SSSR count). The molecule has 1 N–H and O–H groups in total. The summed E-state index contributed by atoms with van der Waals surface area (Å²) in [6.07, 6.45) is 0.591. The van der Waals surface area contributed by atoms with Gasteiger partial charge in [-0.25, -0.2) is 8.42 Å². The van der Waals surface area contributed by atoms with Crippen LogP contribution in [-0.2, 0) is 26.0 Å². The van der Waals surface area contributed by atoms with Crippen molar-refractivity contribution in [3.63, 3.8) is 0 Å². The number of sulfonamides is 1. The van der Waals surface area contributed by atoms with E-state index in [-0.39, 0.29) is 16.7 Å². The fraction of sp³-hybridized carbons (Fsp3) is 0.350. The van der Waals surface area contributed by atoms with Crippen LogP contribution in [0, 0.1) is 5.92 Å². The molecule has 0 aliphatic carbocycles. The summed E-state index contributed by atoms with van der Waals surface area (Å²) in [4.78, 5) is 12.8. The van der Waals surface area contributed by atoms with Crippen LogP contribution in [0.1, 0.15) is 5.56 Å². The Morgan fingerprint density at radius 1 is 1.07 bits per heavy atom. The Balaban J connectivity index is 1.47. The van der Waals surface area contributed by atoms with Crippen molar-refractivity contribution in [1.82, 2.24) is 4.31 Å². The molecule has 2 aromatic rings. The second-order valence-corrected chi connectivity index (χ2v) is 8.79. The topological polar surface area (TPSA) is 84.9 Å². The van der Waals surface area contributed by atoms with Crippen molar-refractivity contribution < 1.29 is 22.7 Å². The van der Waals surface area contributed by atoms with Gasteiger partial charge < -0.3 is 14.8 Å². The maximum Gasteiger partial charge on any atom is 0.243 e. The van der Waals surface area contributed by atoms with E-state index in [1.165, 1.54) is 10.4 Å². The standard InChI is InChI=1S/C20H22N2O5S/c23-20(16-12-15-4-1-2-7-19(15)27-14-16)21-17-5-3-6-18(13-17)28(24,25)22-8-10-26-11-9-22/h1-7,13,16H,8-12,14H2,(H,21,23)/t16-/m0/s1. The molecule has 0 unspecified atom stereocenters. The van der Waals surface area contributed by atoms with Crippen molar-refractivity contribution in [3.05, 3.63) is 54.1 Å².